The van der Waals surface area contributed by atoms with Crippen LogP contribution in [0.1, 0.15) is 25.5 Å². The van der Waals surface area contributed by atoms with E-state index in [1.54, 1.807) is 19.3 Å². The molecule has 0 atom stereocenters. The Bertz CT molecular complexity index is 882. The molecule has 3 fully saturated rings. The summed E-state index contributed by atoms with van der Waals surface area (Å²) in [7, 11) is 1.61. The Balaban J connectivity index is 1.45. The van der Waals surface area contributed by atoms with E-state index in [2.05, 4.69) is 36.9 Å². The van der Waals surface area contributed by atoms with E-state index in [0.29, 0.717) is 41.7 Å². The molecule has 2 amide bonds. The van der Waals surface area contributed by atoms with Gasteiger partial charge in [0.25, 0.3) is 11.1 Å². The van der Waals surface area contributed by atoms with Gasteiger partial charge in [-0.1, -0.05) is 6.92 Å². The largest absolute Gasteiger partial charge is 0.475 e. The fourth-order valence-electron chi connectivity index (χ4n) is 4.39. The van der Waals surface area contributed by atoms with Gasteiger partial charge in [0.15, 0.2) is 0 Å². The Morgan fingerprint density at radius 2 is 1.88 bits per heavy atom. The van der Waals surface area contributed by atoms with Gasteiger partial charge in [0.05, 0.1) is 17.2 Å². The van der Waals surface area contributed by atoms with Crippen molar-refractivity contribution in [2.45, 2.75) is 25.8 Å². The van der Waals surface area contributed by atoms with Crippen LogP contribution in [0.3, 0.4) is 0 Å². The minimum absolute atomic E-state index is 0.315. The zero-order chi connectivity index (χ0) is 23.2. The van der Waals surface area contributed by atoms with E-state index in [4.69, 9.17) is 9.47 Å². The molecule has 3 aliphatic heterocycles. The SMILES string of the molecule is CCN1CCC(N2CCN(c3nc(C=C4SC(=O)NC4=O)cc(OCCOC)n3)CC2)CC1. The highest BCUT2D eigenvalue weighted by molar-refractivity contribution is 8.18. The van der Waals surface area contributed by atoms with Crippen LogP contribution in [-0.4, -0.2) is 103 Å². The lowest BCUT2D eigenvalue weighted by Crippen LogP contribution is -2.53. The second-order valence-electron chi connectivity index (χ2n) is 8.31. The van der Waals surface area contributed by atoms with Crippen LogP contribution in [0.2, 0.25) is 0 Å². The highest BCUT2D eigenvalue weighted by Gasteiger charge is 2.29. The zero-order valence-electron chi connectivity index (χ0n) is 19.3. The molecule has 0 saturated carbocycles. The standard InChI is InChI=1S/C22H32N6O4S/c1-3-26-6-4-17(5-7-26)27-8-10-28(11-9-27)21-23-16(14-18-20(29)25-22(30)33-18)15-19(24-21)32-13-12-31-2/h14-15,17H,3-13H2,1-2H3,(H,25,29,30). The molecule has 11 heteroatoms. The maximum Gasteiger partial charge on any atom is 0.290 e. The predicted octanol–water partition coefficient (Wildman–Crippen LogP) is 1.43. The fourth-order valence-corrected chi connectivity index (χ4v) is 5.06. The van der Waals surface area contributed by atoms with Crippen LogP contribution in [0.4, 0.5) is 10.7 Å². The monoisotopic (exact) mass is 476 g/mol. The van der Waals surface area contributed by atoms with Crippen LogP contribution >= 0.6 is 11.8 Å². The van der Waals surface area contributed by atoms with Crippen molar-refractivity contribution in [1.82, 2.24) is 25.1 Å². The zero-order valence-corrected chi connectivity index (χ0v) is 20.1. The van der Waals surface area contributed by atoms with Crippen LogP contribution in [0.5, 0.6) is 5.88 Å². The number of carbonyl (C=O) groups is 2. The first-order valence-corrected chi connectivity index (χ1v) is 12.3. The minimum atomic E-state index is -0.408. The molecular formula is C22H32N6O4S. The Hall–Kier alpha value is -2.21. The van der Waals surface area contributed by atoms with E-state index in [1.165, 1.54) is 25.9 Å². The van der Waals surface area contributed by atoms with Gasteiger partial charge in [0, 0.05) is 45.4 Å². The lowest BCUT2D eigenvalue weighted by Gasteiger charge is -2.42. The van der Waals surface area contributed by atoms with Crippen molar-refractivity contribution in [3.05, 3.63) is 16.7 Å². The number of anilines is 1. The first-order valence-electron chi connectivity index (χ1n) is 11.5. The predicted molar refractivity (Wildman–Crippen MR) is 127 cm³/mol. The molecule has 10 nitrogen and oxygen atoms in total. The van der Waals surface area contributed by atoms with Gasteiger partial charge in [-0.2, -0.15) is 4.98 Å². The first-order chi connectivity index (χ1) is 16.1. The summed E-state index contributed by atoms with van der Waals surface area (Å²) in [6.07, 6.45) is 4.06. The Kier molecular flexibility index (Phi) is 8.18. The summed E-state index contributed by atoms with van der Waals surface area (Å²) in [5, 5.41) is 1.89. The molecule has 3 aliphatic rings. The van der Waals surface area contributed by atoms with E-state index >= 15 is 0 Å². The second-order valence-corrected chi connectivity index (χ2v) is 9.33. The lowest BCUT2D eigenvalue weighted by atomic mass is 10.0. The molecule has 0 aliphatic carbocycles. The molecule has 1 N–H and O–H groups in total. The fraction of sp³-hybridized carbons (Fsp3) is 0.636. The Morgan fingerprint density at radius 1 is 1.12 bits per heavy atom. The number of likely N-dealkylation sites (tertiary alicyclic amines) is 1. The van der Waals surface area contributed by atoms with Crippen molar-refractivity contribution in [2.75, 3.05) is 71.0 Å². The molecule has 1 aromatic heterocycles. The van der Waals surface area contributed by atoms with Crippen molar-refractivity contribution in [1.29, 1.82) is 0 Å². The number of nitrogens with zero attached hydrogens (tertiary/aromatic N) is 5. The van der Waals surface area contributed by atoms with Crippen LogP contribution in [0.25, 0.3) is 6.08 Å². The molecule has 0 unspecified atom stereocenters. The number of amides is 2. The van der Waals surface area contributed by atoms with E-state index in [9.17, 15) is 9.59 Å². The number of aromatic nitrogens is 2. The maximum atomic E-state index is 12.0. The van der Waals surface area contributed by atoms with Gasteiger partial charge in [0.2, 0.25) is 11.8 Å². The topological polar surface area (TPSA) is 100 Å². The molecule has 1 aromatic rings. The van der Waals surface area contributed by atoms with Gasteiger partial charge in [-0.15, -0.1) is 0 Å². The number of thioether (sulfide) groups is 1. The summed E-state index contributed by atoms with van der Waals surface area (Å²) >= 11 is 0.872. The number of methoxy groups -OCH3 is 1. The number of piperazine rings is 1. The summed E-state index contributed by atoms with van der Waals surface area (Å²) in [6, 6.07) is 2.33. The van der Waals surface area contributed by atoms with Crippen LogP contribution in [0.15, 0.2) is 11.0 Å². The summed E-state index contributed by atoms with van der Waals surface area (Å²) in [4.78, 5) is 40.3. The van der Waals surface area contributed by atoms with Gasteiger partial charge < -0.3 is 19.3 Å². The van der Waals surface area contributed by atoms with Gasteiger partial charge in [-0.05, 0) is 50.3 Å². The number of imide groups is 1. The molecule has 0 radical (unpaired) electrons. The average molecular weight is 477 g/mol. The molecule has 0 bridgehead atoms. The van der Waals surface area contributed by atoms with Gasteiger partial charge in [0.1, 0.15) is 6.61 Å². The molecule has 33 heavy (non-hydrogen) atoms. The Morgan fingerprint density at radius 3 is 2.52 bits per heavy atom. The van der Waals surface area contributed by atoms with Crippen LogP contribution in [0, 0.1) is 0 Å². The number of rotatable bonds is 8. The number of hydrogen-bond acceptors (Lipinski definition) is 10. The van der Waals surface area contributed by atoms with E-state index < -0.39 is 5.91 Å². The van der Waals surface area contributed by atoms with Crippen molar-refractivity contribution < 1.29 is 19.1 Å². The van der Waals surface area contributed by atoms with E-state index in [1.807, 2.05) is 0 Å². The smallest absolute Gasteiger partial charge is 0.290 e. The minimum Gasteiger partial charge on any atom is -0.475 e. The molecule has 4 heterocycles. The summed E-state index contributed by atoms with van der Waals surface area (Å²) in [6.45, 7) is 10.1. The average Bonchev–Trinajstić information content (AvgIpc) is 3.15. The molecule has 0 spiro atoms. The van der Waals surface area contributed by atoms with E-state index in [0.717, 1.165) is 44.5 Å². The highest BCUT2D eigenvalue weighted by Crippen LogP contribution is 2.27. The third kappa shape index (κ3) is 6.23. The lowest BCUT2D eigenvalue weighted by molar-refractivity contribution is -0.115. The number of piperidine rings is 1. The van der Waals surface area contributed by atoms with Gasteiger partial charge in [-0.25, -0.2) is 4.98 Å². The third-order valence-corrected chi connectivity index (χ3v) is 7.10. The molecule has 180 valence electrons. The number of hydrogen-bond donors (Lipinski definition) is 1. The van der Waals surface area contributed by atoms with Crippen LogP contribution in [-0.2, 0) is 9.53 Å². The van der Waals surface area contributed by atoms with Crippen molar-refractivity contribution in [3.63, 3.8) is 0 Å². The summed E-state index contributed by atoms with van der Waals surface area (Å²) < 4.78 is 10.8. The van der Waals surface area contributed by atoms with Crippen molar-refractivity contribution >= 4 is 34.9 Å². The number of nitrogens with one attached hydrogen (secondary N) is 1. The van der Waals surface area contributed by atoms with Crippen molar-refractivity contribution in [2.24, 2.45) is 0 Å². The maximum absolute atomic E-state index is 12.0. The molecule has 3 saturated heterocycles. The van der Waals surface area contributed by atoms with Gasteiger partial charge >= 0.3 is 0 Å². The van der Waals surface area contributed by atoms with E-state index in [-0.39, 0.29) is 5.24 Å². The van der Waals surface area contributed by atoms with Crippen LogP contribution < -0.4 is 15.0 Å². The first kappa shape index (κ1) is 23.9. The third-order valence-electron chi connectivity index (χ3n) is 6.29. The summed E-state index contributed by atoms with van der Waals surface area (Å²) in [5.74, 6) is 0.592. The normalized spacial score (nSPS) is 22.2. The molecular weight excluding hydrogens is 444 g/mol. The number of carbonyl (C=O) groups excluding carboxylic acids is 2. The van der Waals surface area contributed by atoms with Gasteiger partial charge in [-0.3, -0.25) is 19.8 Å². The Labute approximate surface area is 198 Å². The quantitative estimate of drug-likeness (QED) is 0.438. The summed E-state index contributed by atoms with van der Waals surface area (Å²) in [5.41, 5.74) is 0.536. The number of ether oxygens (including phenoxy) is 2. The molecule has 0 aromatic carbocycles. The molecule has 4 rings (SSSR count). The highest BCUT2D eigenvalue weighted by atomic mass is 32.2. The van der Waals surface area contributed by atoms with Crippen molar-refractivity contribution in [3.8, 4) is 5.88 Å². The second kappa shape index (κ2) is 11.3.